The Labute approximate surface area is 76.8 Å². The van der Waals surface area contributed by atoms with Crippen molar-refractivity contribution in [2.75, 3.05) is 5.88 Å². The summed E-state index contributed by atoms with van der Waals surface area (Å²) in [6.07, 6.45) is -0.524. The molecule has 0 amide bonds. The number of thiophene rings is 1. The Bertz CT molecular complexity index is 213. The molecular weight excluding hydrogens is 235 g/mol. The average Bonchev–Trinajstić information content (AvgIpc) is 2.34. The van der Waals surface area contributed by atoms with Crippen LogP contribution in [-0.4, -0.2) is 11.0 Å². The number of hydrogen-bond donors (Lipinski definition) is 1. The molecule has 0 aliphatic heterocycles. The van der Waals surface area contributed by atoms with Gasteiger partial charge in [0.2, 0.25) is 0 Å². The van der Waals surface area contributed by atoms with Gasteiger partial charge in [0.1, 0.15) is 0 Å². The van der Waals surface area contributed by atoms with E-state index in [0.29, 0.717) is 0 Å². The lowest BCUT2D eigenvalue weighted by atomic mass is 10.2. The Hall–Kier alpha value is 0.430. The first-order valence-corrected chi connectivity index (χ1v) is 4.92. The molecule has 1 atom stereocenters. The van der Waals surface area contributed by atoms with Gasteiger partial charge in [-0.2, -0.15) is 0 Å². The first-order chi connectivity index (χ1) is 4.74. The Balaban J connectivity index is 2.74. The molecule has 1 nitrogen and oxygen atoms in total. The first-order valence-electron chi connectivity index (χ1n) is 2.72. The Morgan fingerprint density at radius 2 is 2.50 bits per heavy atom. The van der Waals surface area contributed by atoms with E-state index in [9.17, 15) is 5.11 Å². The second-order valence-corrected chi connectivity index (χ2v) is 4.45. The highest BCUT2D eigenvalue weighted by molar-refractivity contribution is 9.11. The van der Waals surface area contributed by atoms with E-state index < -0.39 is 6.10 Å². The molecule has 0 aliphatic carbocycles. The minimum Gasteiger partial charge on any atom is -0.387 e. The number of alkyl halides is 1. The van der Waals surface area contributed by atoms with Crippen LogP contribution in [0.15, 0.2) is 15.2 Å². The molecule has 1 rings (SSSR count). The fraction of sp³-hybridized carbons (Fsp3) is 0.333. The van der Waals surface area contributed by atoms with Crippen molar-refractivity contribution in [3.63, 3.8) is 0 Å². The predicted molar refractivity (Wildman–Crippen MR) is 47.7 cm³/mol. The third-order valence-corrected chi connectivity index (χ3v) is 2.93. The van der Waals surface area contributed by atoms with E-state index in [2.05, 4.69) is 15.9 Å². The standard InChI is InChI=1S/C6H6BrClOS/c7-6-1-4(3-10-6)5(9)2-8/h1,3,5,9H,2H2. The number of aliphatic hydroxyl groups is 1. The lowest BCUT2D eigenvalue weighted by molar-refractivity contribution is 0.203. The fourth-order valence-electron chi connectivity index (χ4n) is 0.587. The summed E-state index contributed by atoms with van der Waals surface area (Å²) in [5.41, 5.74) is 0.881. The number of hydrogen-bond acceptors (Lipinski definition) is 2. The molecule has 0 saturated heterocycles. The monoisotopic (exact) mass is 240 g/mol. The van der Waals surface area contributed by atoms with Crippen molar-refractivity contribution in [2.24, 2.45) is 0 Å². The smallest absolute Gasteiger partial charge is 0.0933 e. The number of aliphatic hydroxyl groups excluding tert-OH is 1. The van der Waals surface area contributed by atoms with Crippen LogP contribution in [0.1, 0.15) is 11.7 Å². The van der Waals surface area contributed by atoms with Gasteiger partial charge in [-0.25, -0.2) is 0 Å². The van der Waals surface area contributed by atoms with Gasteiger partial charge in [0.05, 0.1) is 15.8 Å². The summed E-state index contributed by atoms with van der Waals surface area (Å²) in [4.78, 5) is 0. The molecule has 10 heavy (non-hydrogen) atoms. The van der Waals surface area contributed by atoms with Crippen molar-refractivity contribution in [3.8, 4) is 0 Å². The second-order valence-electron chi connectivity index (χ2n) is 1.85. The summed E-state index contributed by atoms with van der Waals surface area (Å²) in [5.74, 6) is 0.253. The molecule has 0 aromatic carbocycles. The second kappa shape index (κ2) is 3.72. The summed E-state index contributed by atoms with van der Waals surface area (Å²) in [7, 11) is 0. The molecule has 4 heteroatoms. The zero-order chi connectivity index (χ0) is 7.56. The molecule has 0 bridgehead atoms. The van der Waals surface area contributed by atoms with Crippen molar-refractivity contribution in [2.45, 2.75) is 6.10 Å². The summed E-state index contributed by atoms with van der Waals surface area (Å²) in [6, 6.07) is 1.87. The van der Waals surface area contributed by atoms with Gasteiger partial charge in [-0.05, 0) is 32.9 Å². The molecule has 56 valence electrons. The molecule has 1 aromatic rings. The molecule has 1 heterocycles. The Morgan fingerprint density at radius 3 is 2.90 bits per heavy atom. The van der Waals surface area contributed by atoms with Gasteiger partial charge in [0.25, 0.3) is 0 Å². The van der Waals surface area contributed by atoms with Crippen LogP contribution in [0.2, 0.25) is 0 Å². The van der Waals surface area contributed by atoms with Crippen molar-refractivity contribution < 1.29 is 5.11 Å². The lowest BCUT2D eigenvalue weighted by Crippen LogP contribution is -1.95. The molecule has 1 aromatic heterocycles. The van der Waals surface area contributed by atoms with Gasteiger partial charge < -0.3 is 5.11 Å². The minimum absolute atomic E-state index is 0.253. The SMILES string of the molecule is OC(CCl)c1csc(Br)c1. The maximum absolute atomic E-state index is 9.20. The zero-order valence-corrected chi connectivity index (χ0v) is 8.21. The highest BCUT2D eigenvalue weighted by Crippen LogP contribution is 2.25. The van der Waals surface area contributed by atoms with Crippen LogP contribution in [0, 0.1) is 0 Å². The highest BCUT2D eigenvalue weighted by Gasteiger charge is 2.06. The van der Waals surface area contributed by atoms with Gasteiger partial charge in [-0.3, -0.25) is 0 Å². The average molecular weight is 242 g/mol. The van der Waals surface area contributed by atoms with E-state index in [4.69, 9.17) is 11.6 Å². The topological polar surface area (TPSA) is 20.2 Å². The highest BCUT2D eigenvalue weighted by atomic mass is 79.9. The third-order valence-electron chi connectivity index (χ3n) is 1.12. The van der Waals surface area contributed by atoms with Crippen molar-refractivity contribution in [1.82, 2.24) is 0 Å². The van der Waals surface area contributed by atoms with Crippen LogP contribution in [0.3, 0.4) is 0 Å². The molecule has 1 unspecified atom stereocenters. The van der Waals surface area contributed by atoms with Crippen LogP contribution in [-0.2, 0) is 0 Å². The summed E-state index contributed by atoms with van der Waals surface area (Å²) >= 11 is 10.3. The van der Waals surface area contributed by atoms with E-state index in [1.54, 1.807) is 11.3 Å². The van der Waals surface area contributed by atoms with E-state index in [-0.39, 0.29) is 5.88 Å². The van der Waals surface area contributed by atoms with Crippen molar-refractivity contribution in [1.29, 1.82) is 0 Å². The summed E-state index contributed by atoms with van der Waals surface area (Å²) in [5, 5.41) is 11.1. The maximum atomic E-state index is 9.20. The van der Waals surface area contributed by atoms with Crippen LogP contribution in [0.25, 0.3) is 0 Å². The quantitative estimate of drug-likeness (QED) is 0.790. The van der Waals surface area contributed by atoms with E-state index in [1.165, 1.54) is 0 Å². The molecule has 1 N–H and O–H groups in total. The molecular formula is C6H6BrClOS. The van der Waals surface area contributed by atoms with Crippen LogP contribution >= 0.6 is 38.9 Å². The molecule has 0 fully saturated rings. The van der Waals surface area contributed by atoms with Crippen LogP contribution < -0.4 is 0 Å². The Kier molecular flexibility index (Phi) is 3.17. The van der Waals surface area contributed by atoms with Gasteiger partial charge >= 0.3 is 0 Å². The van der Waals surface area contributed by atoms with E-state index >= 15 is 0 Å². The Morgan fingerprint density at radius 1 is 1.80 bits per heavy atom. The van der Waals surface area contributed by atoms with Crippen LogP contribution in [0.4, 0.5) is 0 Å². The largest absolute Gasteiger partial charge is 0.387 e. The van der Waals surface area contributed by atoms with Crippen molar-refractivity contribution >= 4 is 38.9 Å². The van der Waals surface area contributed by atoms with Gasteiger partial charge in [0, 0.05) is 0 Å². The first kappa shape index (κ1) is 8.53. The molecule has 0 spiro atoms. The van der Waals surface area contributed by atoms with Crippen molar-refractivity contribution in [3.05, 3.63) is 20.8 Å². The van der Waals surface area contributed by atoms with E-state index in [1.807, 2.05) is 11.4 Å². The summed E-state index contributed by atoms with van der Waals surface area (Å²) in [6.45, 7) is 0. The predicted octanol–water partition coefficient (Wildman–Crippen LogP) is 2.78. The maximum Gasteiger partial charge on any atom is 0.0933 e. The lowest BCUT2D eigenvalue weighted by Gasteiger charge is -2.00. The third kappa shape index (κ3) is 1.95. The minimum atomic E-state index is -0.524. The number of rotatable bonds is 2. The van der Waals surface area contributed by atoms with Gasteiger partial charge in [-0.15, -0.1) is 22.9 Å². The van der Waals surface area contributed by atoms with E-state index in [0.717, 1.165) is 9.35 Å². The molecule has 0 radical (unpaired) electrons. The summed E-state index contributed by atoms with van der Waals surface area (Å²) < 4.78 is 1.02. The van der Waals surface area contributed by atoms with Gasteiger partial charge in [-0.1, -0.05) is 0 Å². The van der Waals surface area contributed by atoms with Gasteiger partial charge in [0.15, 0.2) is 0 Å². The number of halogens is 2. The normalized spacial score (nSPS) is 13.5. The molecule has 0 saturated carbocycles. The van der Waals surface area contributed by atoms with Crippen LogP contribution in [0.5, 0.6) is 0 Å². The molecule has 0 aliphatic rings. The zero-order valence-electron chi connectivity index (χ0n) is 5.05. The fourth-order valence-corrected chi connectivity index (χ4v) is 1.99.